The number of unbranched alkanes of at least 4 members (excludes halogenated alkanes) is 1. The Labute approximate surface area is 127 Å². The predicted molar refractivity (Wildman–Crippen MR) is 88.3 cm³/mol. The first-order chi connectivity index (χ1) is 10.3. The number of hydrogen-bond donors (Lipinski definition) is 1. The van der Waals surface area contributed by atoms with Crippen LogP contribution in [-0.4, -0.2) is 11.5 Å². The van der Waals surface area contributed by atoms with Crippen LogP contribution in [0, 0.1) is 17.2 Å². The van der Waals surface area contributed by atoms with Gasteiger partial charge in [-0.1, -0.05) is 51.3 Å². The van der Waals surface area contributed by atoms with E-state index in [1.54, 1.807) is 0 Å². The number of benzene rings is 1. The minimum absolute atomic E-state index is 0.670. The van der Waals surface area contributed by atoms with Gasteiger partial charge in [0.2, 0.25) is 0 Å². The van der Waals surface area contributed by atoms with Crippen LogP contribution in [0.4, 0.5) is 5.82 Å². The Kier molecular flexibility index (Phi) is 5.57. The Bertz CT molecular complexity index is 628. The Morgan fingerprint density at radius 3 is 2.81 bits per heavy atom. The van der Waals surface area contributed by atoms with Gasteiger partial charge < -0.3 is 5.32 Å². The van der Waals surface area contributed by atoms with E-state index in [2.05, 4.69) is 30.2 Å². The van der Waals surface area contributed by atoms with Gasteiger partial charge in [0.05, 0.1) is 17.1 Å². The summed E-state index contributed by atoms with van der Waals surface area (Å²) in [6.07, 6.45) is 4.93. The summed E-state index contributed by atoms with van der Waals surface area (Å²) in [6.45, 7) is 5.38. The number of nitrogens with zero attached hydrogens (tertiary/aromatic N) is 2. The van der Waals surface area contributed by atoms with E-state index in [-0.39, 0.29) is 0 Å². The molecule has 1 unspecified atom stereocenters. The zero-order chi connectivity index (χ0) is 15.1. The molecule has 1 atom stereocenters. The molecule has 1 aromatic carbocycles. The van der Waals surface area contributed by atoms with E-state index in [0.29, 0.717) is 11.5 Å². The SMILES string of the molecule is CCCCC(CC)CNc1cc(C#N)c2ccccc2n1. The van der Waals surface area contributed by atoms with Crippen molar-refractivity contribution < 1.29 is 0 Å². The molecule has 1 aromatic heterocycles. The molecule has 21 heavy (non-hydrogen) atoms. The van der Waals surface area contributed by atoms with E-state index < -0.39 is 0 Å². The maximum Gasteiger partial charge on any atom is 0.127 e. The fourth-order valence-electron chi connectivity index (χ4n) is 2.55. The van der Waals surface area contributed by atoms with Gasteiger partial charge in [-0.15, -0.1) is 0 Å². The van der Waals surface area contributed by atoms with Crippen molar-refractivity contribution in [1.29, 1.82) is 5.26 Å². The molecule has 0 spiro atoms. The summed E-state index contributed by atoms with van der Waals surface area (Å²) in [4.78, 5) is 4.61. The van der Waals surface area contributed by atoms with Crippen LogP contribution in [0.2, 0.25) is 0 Å². The molecule has 0 fully saturated rings. The lowest BCUT2D eigenvalue weighted by Gasteiger charge is -2.16. The van der Waals surface area contributed by atoms with Crippen molar-refractivity contribution in [1.82, 2.24) is 4.98 Å². The predicted octanol–water partition coefficient (Wildman–Crippen LogP) is 4.73. The fourth-order valence-corrected chi connectivity index (χ4v) is 2.55. The Morgan fingerprint density at radius 2 is 2.10 bits per heavy atom. The number of aromatic nitrogens is 1. The maximum absolute atomic E-state index is 9.29. The molecule has 0 aliphatic heterocycles. The van der Waals surface area contributed by atoms with Crippen LogP contribution in [0.1, 0.15) is 45.1 Å². The van der Waals surface area contributed by atoms with Crippen LogP contribution in [0.25, 0.3) is 10.9 Å². The number of anilines is 1. The molecule has 0 radical (unpaired) electrons. The molecule has 1 heterocycles. The van der Waals surface area contributed by atoms with Crippen LogP contribution in [0.5, 0.6) is 0 Å². The lowest BCUT2D eigenvalue weighted by Crippen LogP contribution is -2.14. The standard InChI is InChI=1S/C18H23N3/c1-3-5-8-14(4-2)13-20-18-11-15(12-19)16-9-6-7-10-17(16)21-18/h6-7,9-11,14H,3-5,8,13H2,1-2H3,(H,20,21). The first-order valence-corrected chi connectivity index (χ1v) is 7.82. The van der Waals surface area contributed by atoms with E-state index in [9.17, 15) is 5.26 Å². The Balaban J connectivity index is 2.13. The molecule has 0 saturated heterocycles. The van der Waals surface area contributed by atoms with Gasteiger partial charge in [-0.05, 0) is 24.5 Å². The van der Waals surface area contributed by atoms with E-state index in [0.717, 1.165) is 23.3 Å². The second-order valence-corrected chi connectivity index (χ2v) is 5.48. The number of nitrogens with one attached hydrogen (secondary N) is 1. The molecule has 0 aliphatic rings. The van der Waals surface area contributed by atoms with Gasteiger partial charge in [0.25, 0.3) is 0 Å². The number of hydrogen-bond acceptors (Lipinski definition) is 3. The average molecular weight is 281 g/mol. The summed E-state index contributed by atoms with van der Waals surface area (Å²) >= 11 is 0. The van der Waals surface area contributed by atoms with Crippen LogP contribution in [0.15, 0.2) is 30.3 Å². The molecule has 2 rings (SSSR count). The third-order valence-corrected chi connectivity index (χ3v) is 3.95. The summed E-state index contributed by atoms with van der Waals surface area (Å²) in [6, 6.07) is 11.9. The molecule has 3 nitrogen and oxygen atoms in total. The second kappa shape index (κ2) is 7.64. The summed E-state index contributed by atoms with van der Waals surface area (Å²) in [5.74, 6) is 1.48. The first-order valence-electron chi connectivity index (χ1n) is 7.82. The highest BCUT2D eigenvalue weighted by Gasteiger charge is 2.08. The molecule has 110 valence electrons. The van der Waals surface area contributed by atoms with Crippen molar-refractivity contribution in [3.8, 4) is 6.07 Å². The van der Waals surface area contributed by atoms with Gasteiger partial charge in [0, 0.05) is 11.9 Å². The number of fused-ring (bicyclic) bond motifs is 1. The third kappa shape index (κ3) is 3.95. The van der Waals surface area contributed by atoms with E-state index >= 15 is 0 Å². The highest BCUT2D eigenvalue weighted by molar-refractivity contribution is 5.86. The van der Waals surface area contributed by atoms with Crippen molar-refractivity contribution in [3.63, 3.8) is 0 Å². The molecular formula is C18H23N3. The fraction of sp³-hybridized carbons (Fsp3) is 0.444. The van der Waals surface area contributed by atoms with Crippen LogP contribution >= 0.6 is 0 Å². The largest absolute Gasteiger partial charge is 0.370 e. The van der Waals surface area contributed by atoms with Gasteiger partial charge in [-0.3, -0.25) is 0 Å². The normalized spacial score (nSPS) is 12.0. The summed E-state index contributed by atoms with van der Waals surface area (Å²) in [7, 11) is 0. The van der Waals surface area contributed by atoms with Crippen molar-refractivity contribution in [3.05, 3.63) is 35.9 Å². The Hall–Kier alpha value is -2.08. The van der Waals surface area contributed by atoms with Gasteiger partial charge >= 0.3 is 0 Å². The van der Waals surface area contributed by atoms with Crippen molar-refractivity contribution in [2.75, 3.05) is 11.9 Å². The monoisotopic (exact) mass is 281 g/mol. The lowest BCUT2D eigenvalue weighted by atomic mass is 9.99. The number of para-hydroxylation sites is 1. The molecule has 3 heteroatoms. The van der Waals surface area contributed by atoms with Crippen molar-refractivity contribution >= 4 is 16.7 Å². The van der Waals surface area contributed by atoms with E-state index in [4.69, 9.17) is 0 Å². The van der Waals surface area contributed by atoms with Crippen molar-refractivity contribution in [2.24, 2.45) is 5.92 Å². The number of rotatable bonds is 7. The number of nitriles is 1. The Morgan fingerprint density at radius 1 is 1.29 bits per heavy atom. The van der Waals surface area contributed by atoms with Gasteiger partial charge in [0.15, 0.2) is 0 Å². The molecule has 0 amide bonds. The van der Waals surface area contributed by atoms with Gasteiger partial charge in [-0.25, -0.2) is 4.98 Å². The molecule has 0 bridgehead atoms. The van der Waals surface area contributed by atoms with E-state index in [1.165, 1.54) is 25.7 Å². The molecular weight excluding hydrogens is 258 g/mol. The lowest BCUT2D eigenvalue weighted by molar-refractivity contribution is 0.472. The molecule has 0 saturated carbocycles. The zero-order valence-corrected chi connectivity index (χ0v) is 12.9. The summed E-state index contributed by atoms with van der Waals surface area (Å²) in [5.41, 5.74) is 1.56. The molecule has 2 aromatic rings. The van der Waals surface area contributed by atoms with Crippen LogP contribution in [-0.2, 0) is 0 Å². The zero-order valence-electron chi connectivity index (χ0n) is 12.9. The van der Waals surface area contributed by atoms with Gasteiger partial charge in [-0.2, -0.15) is 5.26 Å². The first kappa shape index (κ1) is 15.3. The smallest absolute Gasteiger partial charge is 0.127 e. The second-order valence-electron chi connectivity index (χ2n) is 5.48. The van der Waals surface area contributed by atoms with Crippen molar-refractivity contribution in [2.45, 2.75) is 39.5 Å². The highest BCUT2D eigenvalue weighted by Crippen LogP contribution is 2.21. The van der Waals surface area contributed by atoms with Crippen LogP contribution in [0.3, 0.4) is 0 Å². The topological polar surface area (TPSA) is 48.7 Å². The van der Waals surface area contributed by atoms with Crippen LogP contribution < -0.4 is 5.32 Å². The summed E-state index contributed by atoms with van der Waals surface area (Å²) < 4.78 is 0. The third-order valence-electron chi connectivity index (χ3n) is 3.95. The number of pyridine rings is 1. The van der Waals surface area contributed by atoms with Gasteiger partial charge in [0.1, 0.15) is 5.82 Å². The maximum atomic E-state index is 9.29. The average Bonchev–Trinajstić information content (AvgIpc) is 2.54. The quantitative estimate of drug-likeness (QED) is 0.797. The molecule has 1 N–H and O–H groups in total. The highest BCUT2D eigenvalue weighted by atomic mass is 15.0. The van der Waals surface area contributed by atoms with E-state index in [1.807, 2.05) is 30.3 Å². The molecule has 0 aliphatic carbocycles. The minimum Gasteiger partial charge on any atom is -0.370 e. The summed E-state index contributed by atoms with van der Waals surface area (Å²) in [5, 5.41) is 13.6. The minimum atomic E-state index is 0.670.